The van der Waals surface area contributed by atoms with Crippen LogP contribution in [0.2, 0.25) is 10.0 Å². The highest BCUT2D eigenvalue weighted by atomic mass is 35.5. The molecule has 1 aliphatic rings. The number of carbonyl (C=O) groups excluding carboxylic acids is 2. The first-order valence-corrected chi connectivity index (χ1v) is 18.6. The van der Waals surface area contributed by atoms with E-state index in [1.165, 1.54) is 17.0 Å². The maximum absolute atomic E-state index is 14.7. The molecule has 5 rings (SSSR count). The van der Waals surface area contributed by atoms with Gasteiger partial charge in [0.2, 0.25) is 11.8 Å². The van der Waals surface area contributed by atoms with Crippen molar-refractivity contribution in [2.24, 2.45) is 0 Å². The number of hydrogen-bond acceptors (Lipinski definition) is 5. The third-order valence-electron chi connectivity index (χ3n) is 8.65. The van der Waals surface area contributed by atoms with E-state index in [-0.39, 0.29) is 29.8 Å². The summed E-state index contributed by atoms with van der Waals surface area (Å²) in [6.07, 6.45) is 3.98. The van der Waals surface area contributed by atoms with Crippen LogP contribution in [0.4, 0.5) is 5.69 Å². The summed E-state index contributed by atoms with van der Waals surface area (Å²) >= 11 is 12.8. The van der Waals surface area contributed by atoms with Crippen LogP contribution >= 0.6 is 23.2 Å². The maximum Gasteiger partial charge on any atom is 0.264 e. The normalized spacial score (nSPS) is 13.9. The van der Waals surface area contributed by atoms with Gasteiger partial charge in [-0.25, -0.2) is 8.42 Å². The predicted octanol–water partition coefficient (Wildman–Crippen LogP) is 7.59. The highest BCUT2D eigenvalue weighted by Gasteiger charge is 2.36. The van der Waals surface area contributed by atoms with E-state index in [1.807, 2.05) is 44.2 Å². The van der Waals surface area contributed by atoms with Gasteiger partial charge in [0.1, 0.15) is 18.3 Å². The predicted molar refractivity (Wildman–Crippen MR) is 195 cm³/mol. The molecular weight excluding hydrogens is 681 g/mol. The second kappa shape index (κ2) is 16.6. The van der Waals surface area contributed by atoms with Crippen LogP contribution in [-0.2, 0) is 32.6 Å². The van der Waals surface area contributed by atoms with Crippen LogP contribution in [0, 0.1) is 6.92 Å². The van der Waals surface area contributed by atoms with Gasteiger partial charge in [-0.3, -0.25) is 13.9 Å². The van der Waals surface area contributed by atoms with E-state index in [0.717, 1.165) is 41.1 Å². The number of amides is 2. The molecule has 8 nitrogen and oxygen atoms in total. The molecule has 11 heteroatoms. The Labute approximate surface area is 299 Å². The molecule has 4 aromatic rings. The van der Waals surface area contributed by atoms with Gasteiger partial charge in [-0.05, 0) is 86.3 Å². The number of halogens is 2. The van der Waals surface area contributed by atoms with E-state index in [4.69, 9.17) is 27.9 Å². The van der Waals surface area contributed by atoms with Gasteiger partial charge in [0, 0.05) is 29.1 Å². The first-order chi connectivity index (χ1) is 23.5. The Hall–Kier alpha value is -4.05. The molecule has 0 heterocycles. The second-order valence-corrected chi connectivity index (χ2v) is 14.9. The smallest absolute Gasteiger partial charge is 0.264 e. The zero-order valence-corrected chi connectivity index (χ0v) is 30.0. The number of ether oxygens (including phenoxy) is 1. The molecule has 49 heavy (non-hydrogen) atoms. The molecule has 0 aliphatic heterocycles. The Bertz CT molecular complexity index is 1830. The van der Waals surface area contributed by atoms with Crippen LogP contribution in [0.1, 0.15) is 49.3 Å². The minimum atomic E-state index is -4.25. The molecule has 0 radical (unpaired) electrons. The highest BCUT2D eigenvalue weighted by molar-refractivity contribution is 7.92. The fourth-order valence-corrected chi connectivity index (χ4v) is 7.88. The van der Waals surface area contributed by atoms with Crippen LogP contribution in [0.3, 0.4) is 0 Å². The van der Waals surface area contributed by atoms with Gasteiger partial charge in [-0.15, -0.1) is 0 Å². The molecular formula is C38H41Cl2N3O5S. The molecule has 1 aliphatic carbocycles. The zero-order valence-electron chi connectivity index (χ0n) is 27.6. The lowest BCUT2D eigenvalue weighted by Gasteiger charge is -2.34. The summed E-state index contributed by atoms with van der Waals surface area (Å²) in [5, 5.41) is 3.94. The summed E-state index contributed by atoms with van der Waals surface area (Å²) in [7, 11) is -4.25. The minimum Gasteiger partial charge on any atom is -0.494 e. The lowest BCUT2D eigenvalue weighted by molar-refractivity contribution is -0.140. The minimum absolute atomic E-state index is 0.00330. The van der Waals surface area contributed by atoms with Crippen molar-refractivity contribution < 1.29 is 22.7 Å². The molecule has 1 saturated carbocycles. The first kappa shape index (κ1) is 36.2. The fourth-order valence-electron chi connectivity index (χ4n) is 6.00. The number of nitrogens with zero attached hydrogens (tertiary/aromatic N) is 2. The number of hydrogen-bond donors (Lipinski definition) is 1. The molecule has 2 amide bonds. The van der Waals surface area contributed by atoms with Crippen LogP contribution in [0.15, 0.2) is 102 Å². The molecule has 0 spiro atoms. The number of anilines is 1. The molecule has 4 aromatic carbocycles. The van der Waals surface area contributed by atoms with Gasteiger partial charge in [0.25, 0.3) is 10.0 Å². The van der Waals surface area contributed by atoms with E-state index >= 15 is 0 Å². The molecule has 0 bridgehead atoms. The van der Waals surface area contributed by atoms with Crippen molar-refractivity contribution in [2.75, 3.05) is 17.5 Å². The summed E-state index contributed by atoms with van der Waals surface area (Å²) in [4.78, 5) is 30.3. The quantitative estimate of drug-likeness (QED) is 0.145. The van der Waals surface area contributed by atoms with Crippen LogP contribution in [0.25, 0.3) is 0 Å². The summed E-state index contributed by atoms with van der Waals surface area (Å²) in [6.45, 7) is 3.56. The highest BCUT2D eigenvalue weighted by Crippen LogP contribution is 2.29. The Morgan fingerprint density at radius 2 is 1.59 bits per heavy atom. The third-order valence-corrected chi connectivity index (χ3v) is 11.0. The van der Waals surface area contributed by atoms with Crippen molar-refractivity contribution >= 4 is 50.7 Å². The van der Waals surface area contributed by atoms with Crippen molar-refractivity contribution in [3.8, 4) is 5.75 Å². The summed E-state index contributed by atoms with van der Waals surface area (Å²) in [6, 6.07) is 26.5. The Morgan fingerprint density at radius 3 is 2.22 bits per heavy atom. The molecule has 1 atom stereocenters. The van der Waals surface area contributed by atoms with Crippen LogP contribution in [0.5, 0.6) is 5.75 Å². The number of aryl methyl sites for hydroxylation is 1. The average molecular weight is 723 g/mol. The van der Waals surface area contributed by atoms with Crippen molar-refractivity contribution in [1.82, 2.24) is 10.2 Å². The molecule has 258 valence electrons. The van der Waals surface area contributed by atoms with Crippen molar-refractivity contribution in [1.29, 1.82) is 0 Å². The standard InChI is InChI=1S/C38H41Cl2N3O5S/c1-3-48-33-19-21-34(22-20-33)49(46,47)43(32-17-13-27(2)14-18-32)26-37(44)42(25-29-15-16-30(39)24-35(29)40)36(23-28-9-5-4-6-10-28)38(45)41-31-11-7-8-12-31/h4-6,9-10,13-22,24,31,36H,3,7-8,11-12,23,25-26H2,1-2H3,(H,41,45)/t36-/m1/s1. The van der Waals surface area contributed by atoms with Gasteiger partial charge in [0.05, 0.1) is 17.2 Å². The largest absolute Gasteiger partial charge is 0.494 e. The second-order valence-electron chi connectivity index (χ2n) is 12.2. The SMILES string of the molecule is CCOc1ccc(S(=O)(=O)N(CC(=O)N(Cc2ccc(Cl)cc2Cl)[C@H](Cc2ccccc2)C(=O)NC2CCCC2)c2ccc(C)cc2)cc1. The van der Waals surface area contributed by atoms with Crippen molar-refractivity contribution in [2.45, 2.75) is 69.5 Å². The zero-order chi connectivity index (χ0) is 35.0. The van der Waals surface area contributed by atoms with Gasteiger partial charge >= 0.3 is 0 Å². The fraction of sp³-hybridized carbons (Fsp3) is 0.316. The Balaban J connectivity index is 1.57. The van der Waals surface area contributed by atoms with E-state index in [9.17, 15) is 18.0 Å². The Morgan fingerprint density at radius 1 is 0.918 bits per heavy atom. The average Bonchev–Trinajstić information content (AvgIpc) is 3.60. The lowest BCUT2D eigenvalue weighted by atomic mass is 10.0. The summed E-state index contributed by atoms with van der Waals surface area (Å²) < 4.78 is 35.3. The van der Waals surface area contributed by atoms with Gasteiger partial charge in [-0.1, -0.05) is 90.1 Å². The molecule has 0 saturated heterocycles. The van der Waals surface area contributed by atoms with Crippen LogP contribution in [-0.4, -0.2) is 50.4 Å². The van der Waals surface area contributed by atoms with E-state index < -0.39 is 28.5 Å². The van der Waals surface area contributed by atoms with Crippen molar-refractivity contribution in [3.63, 3.8) is 0 Å². The number of sulfonamides is 1. The molecule has 1 fully saturated rings. The number of rotatable bonds is 14. The molecule has 0 unspecified atom stereocenters. The summed E-state index contributed by atoms with van der Waals surface area (Å²) in [5.74, 6) is -0.337. The van der Waals surface area contributed by atoms with E-state index in [2.05, 4.69) is 5.32 Å². The van der Waals surface area contributed by atoms with Crippen molar-refractivity contribution in [3.05, 3.63) is 124 Å². The Kier molecular flexibility index (Phi) is 12.3. The monoisotopic (exact) mass is 721 g/mol. The first-order valence-electron chi connectivity index (χ1n) is 16.4. The number of carbonyl (C=O) groups is 2. The van der Waals surface area contributed by atoms with E-state index in [1.54, 1.807) is 54.6 Å². The number of nitrogens with one attached hydrogen (secondary N) is 1. The summed E-state index contributed by atoms with van der Waals surface area (Å²) in [5.41, 5.74) is 2.67. The third kappa shape index (κ3) is 9.35. The number of benzene rings is 4. The lowest BCUT2D eigenvalue weighted by Crippen LogP contribution is -2.54. The van der Waals surface area contributed by atoms with Gasteiger partial charge < -0.3 is 15.0 Å². The van der Waals surface area contributed by atoms with E-state index in [0.29, 0.717) is 33.7 Å². The topological polar surface area (TPSA) is 96.0 Å². The molecule has 0 aromatic heterocycles. The van der Waals surface area contributed by atoms with Gasteiger partial charge in [0.15, 0.2) is 0 Å². The van der Waals surface area contributed by atoms with Gasteiger partial charge in [-0.2, -0.15) is 0 Å². The van der Waals surface area contributed by atoms with Crippen LogP contribution < -0.4 is 14.4 Å². The maximum atomic E-state index is 14.7. The molecule has 1 N–H and O–H groups in total.